The minimum Gasteiger partial charge on any atom is -0.481 e. The Labute approximate surface area is 221 Å². The molecule has 1 fully saturated rings. The summed E-state index contributed by atoms with van der Waals surface area (Å²) < 4.78 is 40.8. The Hall–Kier alpha value is -4.67. The van der Waals surface area contributed by atoms with Crippen LogP contribution in [0, 0.1) is 24.4 Å². The molecule has 3 amide bonds. The quantitative estimate of drug-likeness (QED) is 0.477. The first-order chi connectivity index (χ1) is 18.5. The summed E-state index contributed by atoms with van der Waals surface area (Å²) in [5, 5.41) is 12.0. The summed E-state index contributed by atoms with van der Waals surface area (Å²) in [6.45, 7) is 1.68. The topological polar surface area (TPSA) is 107 Å². The molecule has 8 nitrogen and oxygen atoms in total. The van der Waals surface area contributed by atoms with Crippen LogP contribution in [0.1, 0.15) is 44.3 Å². The molecule has 0 saturated carbocycles. The lowest BCUT2D eigenvalue weighted by Gasteiger charge is -2.31. The van der Waals surface area contributed by atoms with E-state index in [0.717, 1.165) is 39.6 Å². The number of aliphatic carboxylic acids is 1. The van der Waals surface area contributed by atoms with Gasteiger partial charge in [0, 0.05) is 24.2 Å². The summed E-state index contributed by atoms with van der Waals surface area (Å²) in [4.78, 5) is 54.1. The number of aryl methyl sites for hydroxylation is 1. The Kier molecular flexibility index (Phi) is 7.99. The number of carbonyl (C=O) groups is 4. The molecule has 4 rings (SSSR count). The molecule has 1 aliphatic rings. The van der Waals surface area contributed by atoms with Crippen molar-refractivity contribution in [1.82, 2.24) is 15.1 Å². The lowest BCUT2D eigenvalue weighted by atomic mass is 10.0. The van der Waals surface area contributed by atoms with Gasteiger partial charge in [0.25, 0.3) is 17.7 Å². The SMILES string of the molecule is Cc1ccc(C(=O)N2CCN(C(=O)c3ccc(F)c(F)c3)C2C(=O)NC(CC(=O)O)c2ccc(F)cc2)cc1. The number of carboxylic acids is 1. The van der Waals surface area contributed by atoms with E-state index in [0.29, 0.717) is 11.6 Å². The highest BCUT2D eigenvalue weighted by Gasteiger charge is 2.44. The Morgan fingerprint density at radius 3 is 1.97 bits per heavy atom. The lowest BCUT2D eigenvalue weighted by Crippen LogP contribution is -2.54. The maximum Gasteiger partial charge on any atom is 0.305 e. The summed E-state index contributed by atoms with van der Waals surface area (Å²) in [6.07, 6.45) is -2.09. The van der Waals surface area contributed by atoms with Crippen LogP contribution in [0.2, 0.25) is 0 Å². The molecular weight excluding hydrogens is 515 g/mol. The second-order valence-corrected chi connectivity index (χ2v) is 9.08. The maximum absolute atomic E-state index is 13.9. The largest absolute Gasteiger partial charge is 0.481 e. The number of nitrogens with zero attached hydrogens (tertiary/aromatic N) is 2. The molecule has 0 aliphatic carbocycles. The fourth-order valence-corrected chi connectivity index (χ4v) is 4.36. The van der Waals surface area contributed by atoms with Crippen molar-refractivity contribution in [3.05, 3.63) is 106 Å². The average molecular weight is 540 g/mol. The molecule has 1 heterocycles. The Balaban J connectivity index is 1.69. The highest BCUT2D eigenvalue weighted by molar-refractivity contribution is 6.02. The molecular formula is C28H24F3N3O5. The van der Waals surface area contributed by atoms with Gasteiger partial charge in [-0.15, -0.1) is 0 Å². The maximum atomic E-state index is 13.9. The lowest BCUT2D eigenvalue weighted by molar-refractivity contribution is -0.138. The molecule has 2 atom stereocenters. The van der Waals surface area contributed by atoms with Crippen molar-refractivity contribution in [2.75, 3.05) is 13.1 Å². The predicted molar refractivity (Wildman–Crippen MR) is 133 cm³/mol. The number of rotatable bonds is 7. The van der Waals surface area contributed by atoms with Crippen molar-refractivity contribution in [2.45, 2.75) is 25.6 Å². The number of carboxylic acid groups (broad SMARTS) is 1. The molecule has 1 aliphatic heterocycles. The summed E-state index contributed by atoms with van der Waals surface area (Å²) in [5.74, 6) is -6.50. The van der Waals surface area contributed by atoms with Crippen LogP contribution >= 0.6 is 0 Å². The minimum absolute atomic E-state index is 0.0552. The molecule has 202 valence electrons. The average Bonchev–Trinajstić information content (AvgIpc) is 3.35. The molecule has 39 heavy (non-hydrogen) atoms. The fraction of sp³-hybridized carbons (Fsp3) is 0.214. The van der Waals surface area contributed by atoms with Crippen LogP contribution in [-0.2, 0) is 9.59 Å². The number of halogens is 3. The summed E-state index contributed by atoms with van der Waals surface area (Å²) in [5.41, 5.74) is 1.20. The fourth-order valence-electron chi connectivity index (χ4n) is 4.36. The van der Waals surface area contributed by atoms with E-state index in [9.17, 15) is 37.5 Å². The Bertz CT molecular complexity index is 1410. The molecule has 1 saturated heterocycles. The molecule has 0 aromatic heterocycles. The van der Waals surface area contributed by atoms with Gasteiger partial charge in [0.05, 0.1) is 12.5 Å². The van der Waals surface area contributed by atoms with E-state index in [-0.39, 0.29) is 24.2 Å². The highest BCUT2D eigenvalue weighted by atomic mass is 19.2. The predicted octanol–water partition coefficient (Wildman–Crippen LogP) is 3.67. The molecule has 0 bridgehead atoms. The van der Waals surface area contributed by atoms with Crippen molar-refractivity contribution >= 4 is 23.7 Å². The summed E-state index contributed by atoms with van der Waals surface area (Å²) in [6, 6.07) is 12.8. The van der Waals surface area contributed by atoms with Crippen LogP contribution in [0.3, 0.4) is 0 Å². The normalized spacial score (nSPS) is 15.6. The monoisotopic (exact) mass is 539 g/mol. The van der Waals surface area contributed by atoms with Gasteiger partial charge in [-0.1, -0.05) is 29.8 Å². The van der Waals surface area contributed by atoms with E-state index in [1.165, 1.54) is 12.1 Å². The first-order valence-corrected chi connectivity index (χ1v) is 12.0. The number of hydrogen-bond donors (Lipinski definition) is 2. The van der Waals surface area contributed by atoms with Gasteiger partial charge in [-0.05, 0) is 55.0 Å². The van der Waals surface area contributed by atoms with Crippen LogP contribution in [-0.4, -0.2) is 57.9 Å². The Morgan fingerprint density at radius 2 is 1.41 bits per heavy atom. The van der Waals surface area contributed by atoms with E-state index < -0.39 is 59.8 Å². The van der Waals surface area contributed by atoms with Crippen molar-refractivity contribution < 1.29 is 37.5 Å². The zero-order valence-electron chi connectivity index (χ0n) is 20.7. The number of benzene rings is 3. The number of amides is 3. The number of hydrogen-bond acceptors (Lipinski definition) is 4. The Morgan fingerprint density at radius 1 is 0.846 bits per heavy atom. The van der Waals surface area contributed by atoms with Gasteiger partial charge < -0.3 is 20.2 Å². The zero-order valence-corrected chi connectivity index (χ0v) is 20.7. The third-order valence-electron chi connectivity index (χ3n) is 6.36. The summed E-state index contributed by atoms with van der Waals surface area (Å²) in [7, 11) is 0. The van der Waals surface area contributed by atoms with Gasteiger partial charge in [-0.3, -0.25) is 19.2 Å². The molecule has 2 unspecified atom stereocenters. The van der Waals surface area contributed by atoms with E-state index in [2.05, 4.69) is 5.32 Å². The van der Waals surface area contributed by atoms with Gasteiger partial charge >= 0.3 is 5.97 Å². The van der Waals surface area contributed by atoms with Crippen LogP contribution in [0.25, 0.3) is 0 Å². The van der Waals surface area contributed by atoms with Crippen molar-refractivity contribution in [1.29, 1.82) is 0 Å². The van der Waals surface area contributed by atoms with Gasteiger partial charge in [0.2, 0.25) is 0 Å². The summed E-state index contributed by atoms with van der Waals surface area (Å²) >= 11 is 0. The number of carbonyl (C=O) groups excluding carboxylic acids is 3. The smallest absolute Gasteiger partial charge is 0.305 e. The van der Waals surface area contributed by atoms with Crippen LogP contribution in [0.4, 0.5) is 13.2 Å². The van der Waals surface area contributed by atoms with Gasteiger partial charge in [-0.25, -0.2) is 13.2 Å². The molecule has 0 radical (unpaired) electrons. The van der Waals surface area contributed by atoms with Crippen LogP contribution in [0.15, 0.2) is 66.7 Å². The van der Waals surface area contributed by atoms with E-state index in [4.69, 9.17) is 0 Å². The third kappa shape index (κ3) is 6.08. The van der Waals surface area contributed by atoms with Crippen molar-refractivity contribution in [2.24, 2.45) is 0 Å². The second kappa shape index (κ2) is 11.4. The first kappa shape index (κ1) is 27.4. The van der Waals surface area contributed by atoms with Gasteiger partial charge in [0.1, 0.15) is 5.82 Å². The van der Waals surface area contributed by atoms with E-state index >= 15 is 0 Å². The van der Waals surface area contributed by atoms with Gasteiger partial charge in [0.15, 0.2) is 17.8 Å². The van der Waals surface area contributed by atoms with E-state index in [1.54, 1.807) is 24.3 Å². The molecule has 3 aromatic rings. The zero-order chi connectivity index (χ0) is 28.3. The van der Waals surface area contributed by atoms with Crippen molar-refractivity contribution in [3.63, 3.8) is 0 Å². The molecule has 2 N–H and O–H groups in total. The molecule has 0 spiro atoms. The first-order valence-electron chi connectivity index (χ1n) is 12.0. The second-order valence-electron chi connectivity index (χ2n) is 9.08. The van der Waals surface area contributed by atoms with Gasteiger partial charge in [-0.2, -0.15) is 0 Å². The standard InChI is InChI=1S/C28H24F3N3O5/c1-16-2-4-18(5-3-16)27(38)33-12-13-34(28(39)19-8-11-21(30)22(31)14-19)26(33)25(37)32-23(15-24(35)36)17-6-9-20(29)10-7-17/h2-11,14,23,26H,12-13,15H2,1H3,(H,32,37)(H,35,36). The van der Waals surface area contributed by atoms with Crippen molar-refractivity contribution in [3.8, 4) is 0 Å². The van der Waals surface area contributed by atoms with Crippen LogP contribution in [0.5, 0.6) is 0 Å². The molecule has 3 aromatic carbocycles. The van der Waals surface area contributed by atoms with Crippen LogP contribution < -0.4 is 5.32 Å². The highest BCUT2D eigenvalue weighted by Crippen LogP contribution is 2.24. The third-order valence-corrected chi connectivity index (χ3v) is 6.36. The molecule has 11 heteroatoms. The number of nitrogens with one attached hydrogen (secondary N) is 1. The minimum atomic E-state index is -1.53. The van der Waals surface area contributed by atoms with E-state index in [1.807, 2.05) is 6.92 Å².